The van der Waals surface area contributed by atoms with Crippen LogP contribution in [0.5, 0.6) is 0 Å². The van der Waals surface area contributed by atoms with Crippen LogP contribution in [0.3, 0.4) is 0 Å². The number of fused-ring (bicyclic) bond motifs is 1. The summed E-state index contributed by atoms with van der Waals surface area (Å²) in [4.78, 5) is 8.78. The van der Waals surface area contributed by atoms with Crippen molar-refractivity contribution < 1.29 is 0 Å². The molecule has 1 saturated carbocycles. The lowest BCUT2D eigenvalue weighted by molar-refractivity contribution is 0.573. The molecule has 1 atom stereocenters. The van der Waals surface area contributed by atoms with Gasteiger partial charge in [0, 0.05) is 23.5 Å². The number of unbranched alkanes of at least 4 members (excludes halogenated alkanes) is 1. The van der Waals surface area contributed by atoms with Crippen molar-refractivity contribution in [2.24, 2.45) is 5.73 Å². The molecule has 0 aromatic carbocycles. The topological polar surface area (TPSA) is 42.2 Å². The van der Waals surface area contributed by atoms with Crippen LogP contribution in [0.15, 0.2) is 0 Å². The lowest BCUT2D eigenvalue weighted by Gasteiger charge is -2.20. The third-order valence-corrected chi connectivity index (χ3v) is 5.23. The van der Waals surface area contributed by atoms with Gasteiger partial charge in [0.15, 0.2) is 5.13 Å². The van der Waals surface area contributed by atoms with Crippen molar-refractivity contribution in [3.8, 4) is 0 Å². The number of aryl methyl sites for hydroxylation is 1. The van der Waals surface area contributed by atoms with Crippen LogP contribution >= 0.6 is 11.3 Å². The first-order valence-electron chi connectivity index (χ1n) is 7.31. The quantitative estimate of drug-likeness (QED) is 0.888. The number of anilines is 1. The Morgan fingerprint density at radius 2 is 2.22 bits per heavy atom. The van der Waals surface area contributed by atoms with Crippen LogP contribution in [0.25, 0.3) is 0 Å². The van der Waals surface area contributed by atoms with E-state index in [9.17, 15) is 0 Å². The van der Waals surface area contributed by atoms with E-state index in [1.807, 2.05) is 11.3 Å². The number of nitrogens with two attached hydrogens (primary N) is 1. The molecule has 0 radical (unpaired) electrons. The van der Waals surface area contributed by atoms with E-state index in [1.165, 1.54) is 54.4 Å². The summed E-state index contributed by atoms with van der Waals surface area (Å²) in [5, 5.41) is 1.24. The summed E-state index contributed by atoms with van der Waals surface area (Å²) in [7, 11) is 0. The molecule has 0 spiro atoms. The smallest absolute Gasteiger partial charge is 0.186 e. The second-order valence-corrected chi connectivity index (χ2v) is 6.59. The van der Waals surface area contributed by atoms with Crippen molar-refractivity contribution in [1.82, 2.24) is 4.98 Å². The van der Waals surface area contributed by atoms with Gasteiger partial charge in [0.1, 0.15) is 0 Å². The predicted octanol–water partition coefficient (Wildman–Crippen LogP) is 3.25. The molecule has 1 heterocycles. The highest BCUT2D eigenvalue weighted by molar-refractivity contribution is 7.15. The van der Waals surface area contributed by atoms with Gasteiger partial charge in [-0.05, 0) is 38.5 Å². The van der Waals surface area contributed by atoms with Crippen molar-refractivity contribution in [2.75, 3.05) is 11.4 Å². The molecule has 1 aromatic heterocycles. The Morgan fingerprint density at radius 3 is 2.89 bits per heavy atom. The first-order chi connectivity index (χ1) is 8.79. The van der Waals surface area contributed by atoms with Gasteiger partial charge >= 0.3 is 0 Å². The van der Waals surface area contributed by atoms with E-state index >= 15 is 0 Å². The zero-order valence-corrected chi connectivity index (χ0v) is 12.0. The predicted molar refractivity (Wildman–Crippen MR) is 77.3 cm³/mol. The first-order valence-corrected chi connectivity index (χ1v) is 8.13. The van der Waals surface area contributed by atoms with E-state index in [1.54, 1.807) is 0 Å². The van der Waals surface area contributed by atoms with Crippen molar-refractivity contribution in [1.29, 1.82) is 0 Å². The lowest BCUT2D eigenvalue weighted by atomic mass is 9.99. The molecule has 3 rings (SSSR count). The monoisotopic (exact) mass is 265 g/mol. The molecule has 2 N–H and O–H groups in total. The van der Waals surface area contributed by atoms with Crippen molar-refractivity contribution in [3.05, 3.63) is 10.6 Å². The van der Waals surface area contributed by atoms with E-state index in [2.05, 4.69) is 11.8 Å². The molecule has 0 amide bonds. The molecular formula is C14H23N3S. The Morgan fingerprint density at radius 1 is 1.39 bits per heavy atom. The lowest BCUT2D eigenvalue weighted by Crippen LogP contribution is -2.26. The molecule has 18 heavy (non-hydrogen) atoms. The van der Waals surface area contributed by atoms with Gasteiger partial charge in [0.25, 0.3) is 0 Å². The Labute approximate surface area is 113 Å². The van der Waals surface area contributed by atoms with Crippen molar-refractivity contribution >= 4 is 16.5 Å². The number of rotatable bonds is 5. The highest BCUT2D eigenvalue weighted by atomic mass is 32.1. The Hall–Kier alpha value is -0.610. The summed E-state index contributed by atoms with van der Waals surface area (Å²) < 4.78 is 0. The van der Waals surface area contributed by atoms with Crippen LogP contribution in [-0.2, 0) is 6.42 Å². The van der Waals surface area contributed by atoms with Crippen molar-refractivity contribution in [2.45, 2.75) is 64.0 Å². The molecule has 4 heteroatoms. The highest BCUT2D eigenvalue weighted by Crippen LogP contribution is 2.40. The maximum absolute atomic E-state index is 6.20. The molecule has 0 bridgehead atoms. The molecular weight excluding hydrogens is 242 g/mol. The minimum atomic E-state index is 0.243. The number of thiazole rings is 1. The van der Waals surface area contributed by atoms with Gasteiger partial charge in [0.2, 0.25) is 0 Å². The van der Waals surface area contributed by atoms with Gasteiger partial charge in [0.05, 0.1) is 5.69 Å². The average Bonchev–Trinajstić information content (AvgIpc) is 3.09. The maximum atomic E-state index is 6.20. The normalized spacial score (nSPS) is 22.9. The molecule has 1 fully saturated rings. The Kier molecular flexibility index (Phi) is 3.57. The molecule has 0 aliphatic heterocycles. The Bertz CT molecular complexity index is 411. The van der Waals surface area contributed by atoms with Gasteiger partial charge in [-0.3, -0.25) is 0 Å². The summed E-state index contributed by atoms with van der Waals surface area (Å²) in [6, 6.07) is 1.01. The molecule has 1 aromatic rings. The zero-order chi connectivity index (χ0) is 12.5. The van der Waals surface area contributed by atoms with E-state index in [4.69, 9.17) is 10.7 Å². The minimum Gasteiger partial charge on any atom is -0.345 e. The number of hydrogen-bond acceptors (Lipinski definition) is 4. The number of aromatic nitrogens is 1. The van der Waals surface area contributed by atoms with Crippen LogP contribution in [0.2, 0.25) is 0 Å². The molecule has 2 aliphatic rings. The summed E-state index contributed by atoms with van der Waals surface area (Å²) in [5.74, 6) is 0. The first kappa shape index (κ1) is 12.4. The van der Waals surface area contributed by atoms with Gasteiger partial charge in [-0.2, -0.15) is 0 Å². The Balaban J connectivity index is 1.81. The fourth-order valence-electron chi connectivity index (χ4n) is 2.71. The van der Waals surface area contributed by atoms with Crippen LogP contribution in [0, 0.1) is 0 Å². The van der Waals surface area contributed by atoms with Crippen LogP contribution < -0.4 is 10.6 Å². The van der Waals surface area contributed by atoms with Crippen LogP contribution in [0.1, 0.15) is 62.1 Å². The van der Waals surface area contributed by atoms with E-state index in [0.29, 0.717) is 0 Å². The molecule has 2 aliphatic carbocycles. The summed E-state index contributed by atoms with van der Waals surface area (Å²) in [5.41, 5.74) is 7.49. The maximum Gasteiger partial charge on any atom is 0.186 e. The summed E-state index contributed by atoms with van der Waals surface area (Å²) in [6.07, 6.45) is 8.69. The fraction of sp³-hybridized carbons (Fsp3) is 0.786. The largest absolute Gasteiger partial charge is 0.345 e. The second-order valence-electron chi connectivity index (χ2n) is 5.58. The third kappa shape index (κ3) is 2.41. The van der Waals surface area contributed by atoms with Gasteiger partial charge < -0.3 is 10.6 Å². The van der Waals surface area contributed by atoms with Gasteiger partial charge in [-0.15, -0.1) is 0 Å². The average molecular weight is 265 g/mol. The van der Waals surface area contributed by atoms with E-state index in [0.717, 1.165) is 18.9 Å². The fourth-order valence-corrected chi connectivity index (χ4v) is 3.96. The molecule has 1 unspecified atom stereocenters. The summed E-state index contributed by atoms with van der Waals surface area (Å²) in [6.45, 7) is 3.43. The number of hydrogen-bond donors (Lipinski definition) is 1. The van der Waals surface area contributed by atoms with Crippen molar-refractivity contribution in [3.63, 3.8) is 0 Å². The molecule has 100 valence electrons. The van der Waals surface area contributed by atoms with E-state index in [-0.39, 0.29) is 6.04 Å². The van der Waals surface area contributed by atoms with Crippen LogP contribution in [-0.4, -0.2) is 17.6 Å². The molecule has 0 saturated heterocycles. The van der Waals surface area contributed by atoms with Gasteiger partial charge in [-0.25, -0.2) is 4.98 Å². The second kappa shape index (κ2) is 5.17. The summed E-state index contributed by atoms with van der Waals surface area (Å²) >= 11 is 1.86. The van der Waals surface area contributed by atoms with Crippen LogP contribution in [0.4, 0.5) is 5.13 Å². The third-order valence-electron chi connectivity index (χ3n) is 3.97. The standard InChI is InChI=1S/C14H23N3S/c1-2-3-9-17(10-7-8-10)14-16-12-6-4-5-11(15)13(12)18-14/h10-11H,2-9,15H2,1H3. The zero-order valence-electron chi connectivity index (χ0n) is 11.2. The highest BCUT2D eigenvalue weighted by Gasteiger charge is 2.32. The minimum absolute atomic E-state index is 0.243. The van der Waals surface area contributed by atoms with Gasteiger partial charge in [-0.1, -0.05) is 24.7 Å². The SMILES string of the molecule is CCCCN(c1nc2c(s1)C(N)CCC2)C1CC1. The molecule has 3 nitrogen and oxygen atoms in total. The number of nitrogens with zero attached hydrogens (tertiary/aromatic N) is 2. The van der Waals surface area contributed by atoms with E-state index < -0.39 is 0 Å².